The third-order valence-electron chi connectivity index (χ3n) is 3.62. The molecule has 3 rings (SSSR count). The van der Waals surface area contributed by atoms with Gasteiger partial charge in [0.15, 0.2) is 12.4 Å². The van der Waals surface area contributed by atoms with Crippen LogP contribution in [-0.4, -0.2) is 4.57 Å². The number of benzene rings is 1. The van der Waals surface area contributed by atoms with Crippen LogP contribution in [-0.2, 0) is 13.6 Å². The van der Waals surface area contributed by atoms with E-state index >= 15 is 0 Å². The van der Waals surface area contributed by atoms with Gasteiger partial charge in [0.25, 0.3) is 0 Å². The number of hydrogen-bond acceptors (Lipinski definition) is 0. The third kappa shape index (κ3) is 3.35. The molecule has 0 saturated carbocycles. The number of fused-ring (bicyclic) bond motifs is 1. The summed E-state index contributed by atoms with van der Waals surface area (Å²) in [5.41, 5.74) is 3.79. The van der Waals surface area contributed by atoms with Gasteiger partial charge in [-0.3, -0.25) is 0 Å². The molecule has 0 aliphatic rings. The normalized spacial score (nSPS) is 11.0. The molecular formula is C18H19IN2. The highest BCUT2D eigenvalue weighted by molar-refractivity contribution is 5.92. The lowest BCUT2D eigenvalue weighted by Crippen LogP contribution is -3.00. The summed E-state index contributed by atoms with van der Waals surface area (Å²) < 4.78 is 4.33. The Morgan fingerprint density at radius 2 is 1.76 bits per heavy atom. The molecule has 108 valence electrons. The van der Waals surface area contributed by atoms with Gasteiger partial charge in [-0.2, -0.15) is 0 Å². The topological polar surface area (TPSA) is 8.81 Å². The standard InChI is InChI=1S/C18H19N2.HI/c1-3-20-14-16(17-6-4-5-7-18(17)20)9-8-15-10-12-19(2)13-11-15;/h4-14H,3H2,1-2H3;1H/q+1;/p-1. The first-order valence-corrected chi connectivity index (χ1v) is 6.99. The number of pyridine rings is 1. The second-order valence-corrected chi connectivity index (χ2v) is 5.02. The van der Waals surface area contributed by atoms with E-state index in [-0.39, 0.29) is 24.0 Å². The third-order valence-corrected chi connectivity index (χ3v) is 3.62. The molecule has 3 heteroatoms. The van der Waals surface area contributed by atoms with Crippen molar-refractivity contribution in [3.63, 3.8) is 0 Å². The fourth-order valence-electron chi connectivity index (χ4n) is 2.48. The molecule has 0 aliphatic carbocycles. The largest absolute Gasteiger partial charge is 1.00 e. The number of rotatable bonds is 3. The average Bonchev–Trinajstić information content (AvgIpc) is 2.85. The summed E-state index contributed by atoms with van der Waals surface area (Å²) in [4.78, 5) is 0. The highest BCUT2D eigenvalue weighted by atomic mass is 127. The molecule has 0 unspecified atom stereocenters. The van der Waals surface area contributed by atoms with Crippen molar-refractivity contribution < 1.29 is 28.5 Å². The van der Waals surface area contributed by atoms with Crippen LogP contribution in [0.2, 0.25) is 0 Å². The smallest absolute Gasteiger partial charge is 0.169 e. The van der Waals surface area contributed by atoms with Crippen LogP contribution in [0.25, 0.3) is 23.1 Å². The number of hydrogen-bond donors (Lipinski definition) is 0. The van der Waals surface area contributed by atoms with Gasteiger partial charge in [0, 0.05) is 35.8 Å². The molecule has 0 fully saturated rings. The van der Waals surface area contributed by atoms with Crippen molar-refractivity contribution in [2.24, 2.45) is 7.05 Å². The molecule has 0 radical (unpaired) electrons. The first-order valence-electron chi connectivity index (χ1n) is 6.99. The zero-order valence-corrected chi connectivity index (χ0v) is 14.5. The maximum absolute atomic E-state index is 2.29. The zero-order chi connectivity index (χ0) is 13.9. The van der Waals surface area contributed by atoms with E-state index in [1.165, 1.54) is 22.0 Å². The number of aryl methyl sites for hydroxylation is 2. The predicted octanol–water partition coefficient (Wildman–Crippen LogP) is 0.660. The van der Waals surface area contributed by atoms with Gasteiger partial charge in [-0.05, 0) is 24.1 Å². The Labute approximate surface area is 142 Å². The molecule has 2 aromatic heterocycles. The molecule has 3 aromatic rings. The minimum atomic E-state index is 0. The summed E-state index contributed by atoms with van der Waals surface area (Å²) in [6.07, 6.45) is 10.7. The second kappa shape index (κ2) is 6.89. The fraction of sp³-hybridized carbons (Fsp3) is 0.167. The molecule has 2 nitrogen and oxygen atoms in total. The molecule has 0 amide bonds. The van der Waals surface area contributed by atoms with Crippen molar-refractivity contribution in [2.45, 2.75) is 13.5 Å². The lowest BCUT2D eigenvalue weighted by atomic mass is 10.1. The highest BCUT2D eigenvalue weighted by Gasteiger charge is 2.04. The van der Waals surface area contributed by atoms with Crippen molar-refractivity contribution in [3.05, 3.63) is 66.1 Å². The van der Waals surface area contributed by atoms with Gasteiger partial charge >= 0.3 is 0 Å². The Hall–Kier alpha value is -1.62. The van der Waals surface area contributed by atoms with E-state index in [2.05, 4.69) is 78.6 Å². The first-order chi connectivity index (χ1) is 9.78. The van der Waals surface area contributed by atoms with Crippen molar-refractivity contribution in [2.75, 3.05) is 0 Å². The minimum Gasteiger partial charge on any atom is -1.00 e. The van der Waals surface area contributed by atoms with Gasteiger partial charge in [0.05, 0.1) is 0 Å². The Kier molecular flexibility index (Phi) is 5.17. The number of aromatic nitrogens is 2. The summed E-state index contributed by atoms with van der Waals surface area (Å²) in [5.74, 6) is 0. The molecule has 2 heterocycles. The van der Waals surface area contributed by atoms with Gasteiger partial charge in [-0.15, -0.1) is 0 Å². The summed E-state index contributed by atoms with van der Waals surface area (Å²) in [7, 11) is 2.03. The van der Waals surface area contributed by atoms with E-state index < -0.39 is 0 Å². The molecule has 0 spiro atoms. The summed E-state index contributed by atoms with van der Waals surface area (Å²) in [6, 6.07) is 12.8. The van der Waals surface area contributed by atoms with E-state index in [9.17, 15) is 0 Å². The van der Waals surface area contributed by atoms with Crippen LogP contribution in [0.4, 0.5) is 0 Å². The summed E-state index contributed by atoms with van der Waals surface area (Å²) in [5, 5.41) is 1.31. The van der Waals surface area contributed by atoms with Crippen LogP contribution in [0, 0.1) is 0 Å². The maximum Gasteiger partial charge on any atom is 0.169 e. The van der Waals surface area contributed by atoms with Crippen LogP contribution in [0.3, 0.4) is 0 Å². The minimum absolute atomic E-state index is 0. The van der Waals surface area contributed by atoms with Gasteiger partial charge in [0.2, 0.25) is 0 Å². The molecule has 0 bridgehead atoms. The molecule has 0 N–H and O–H groups in total. The van der Waals surface area contributed by atoms with Crippen molar-refractivity contribution in [1.82, 2.24) is 4.57 Å². The van der Waals surface area contributed by atoms with E-state index in [1.807, 2.05) is 11.6 Å². The van der Waals surface area contributed by atoms with Crippen LogP contribution < -0.4 is 28.5 Å². The van der Waals surface area contributed by atoms with E-state index in [0.29, 0.717) is 0 Å². The van der Waals surface area contributed by atoms with Gasteiger partial charge < -0.3 is 28.5 Å². The van der Waals surface area contributed by atoms with Crippen LogP contribution >= 0.6 is 0 Å². The van der Waals surface area contributed by atoms with Gasteiger partial charge in [-0.1, -0.05) is 30.4 Å². The van der Waals surface area contributed by atoms with Crippen LogP contribution in [0.5, 0.6) is 0 Å². The Bertz CT molecular complexity index is 754. The van der Waals surface area contributed by atoms with Crippen molar-refractivity contribution in [1.29, 1.82) is 0 Å². The lowest BCUT2D eigenvalue weighted by Gasteiger charge is -1.97. The van der Waals surface area contributed by atoms with E-state index in [1.54, 1.807) is 0 Å². The number of halogens is 1. The van der Waals surface area contributed by atoms with E-state index in [0.717, 1.165) is 6.54 Å². The predicted molar refractivity (Wildman–Crippen MR) is 84.2 cm³/mol. The Balaban J connectivity index is 0.00000161. The Morgan fingerprint density at radius 1 is 1.05 bits per heavy atom. The van der Waals surface area contributed by atoms with Crippen molar-refractivity contribution in [3.8, 4) is 0 Å². The van der Waals surface area contributed by atoms with Crippen molar-refractivity contribution >= 4 is 23.1 Å². The molecule has 0 aliphatic heterocycles. The first kappa shape index (κ1) is 15.8. The van der Waals surface area contributed by atoms with Gasteiger partial charge in [0.1, 0.15) is 7.05 Å². The highest BCUT2D eigenvalue weighted by Crippen LogP contribution is 2.23. The van der Waals surface area contributed by atoms with E-state index in [4.69, 9.17) is 0 Å². The average molecular weight is 390 g/mol. The SMILES string of the molecule is CCn1cc(C=Cc2cc[n+](C)cc2)c2ccccc21.[I-]. The number of para-hydroxylation sites is 1. The monoisotopic (exact) mass is 390 g/mol. The zero-order valence-electron chi connectivity index (χ0n) is 12.3. The quantitative estimate of drug-likeness (QED) is 0.459. The molecule has 21 heavy (non-hydrogen) atoms. The molecule has 1 aromatic carbocycles. The van der Waals surface area contributed by atoms with Crippen LogP contribution in [0.1, 0.15) is 18.1 Å². The second-order valence-electron chi connectivity index (χ2n) is 5.02. The van der Waals surface area contributed by atoms with Crippen LogP contribution in [0.15, 0.2) is 55.0 Å². The molecular weight excluding hydrogens is 371 g/mol. The molecule has 0 atom stereocenters. The van der Waals surface area contributed by atoms with Gasteiger partial charge in [-0.25, -0.2) is 4.57 Å². The maximum atomic E-state index is 2.29. The summed E-state index contributed by atoms with van der Waals surface area (Å²) in [6.45, 7) is 3.17. The Morgan fingerprint density at radius 3 is 2.48 bits per heavy atom. The summed E-state index contributed by atoms with van der Waals surface area (Å²) >= 11 is 0. The molecule has 0 saturated heterocycles. The fourth-order valence-corrected chi connectivity index (χ4v) is 2.48. The lowest BCUT2D eigenvalue weighted by molar-refractivity contribution is -0.671. The number of nitrogens with zero attached hydrogens (tertiary/aromatic N) is 2.